The minimum Gasteiger partial charge on any atom is -0.321 e. The van der Waals surface area contributed by atoms with Crippen LogP contribution in [0.25, 0.3) is 0 Å². The number of hydrazone groups is 1. The van der Waals surface area contributed by atoms with Crippen LogP contribution < -0.4 is 5.32 Å². The van der Waals surface area contributed by atoms with E-state index in [0.29, 0.717) is 12.3 Å². The molecule has 8 heteroatoms. The molecule has 2 heterocycles. The molecule has 1 N–H and O–H groups in total. The van der Waals surface area contributed by atoms with Crippen LogP contribution in [-0.4, -0.2) is 48.5 Å². The lowest BCUT2D eigenvalue weighted by Crippen LogP contribution is -2.42. The molecule has 0 aromatic heterocycles. The van der Waals surface area contributed by atoms with Crippen molar-refractivity contribution < 1.29 is 18.0 Å². The SMILES string of the molecule is CC[C@H](C)c1ccccc1NC(=O)C1=NN([C@H]2CCS(=O)(=O)C2)C(=O)CC1. The molecule has 0 aliphatic carbocycles. The number of anilines is 1. The van der Waals surface area contributed by atoms with Gasteiger partial charge in [-0.2, -0.15) is 5.10 Å². The second kappa shape index (κ2) is 7.80. The number of nitrogens with one attached hydrogen (secondary N) is 1. The first-order valence-electron chi connectivity index (χ1n) is 9.31. The van der Waals surface area contributed by atoms with Gasteiger partial charge in [-0.05, 0) is 30.4 Å². The summed E-state index contributed by atoms with van der Waals surface area (Å²) in [5, 5.41) is 8.35. The molecule has 1 fully saturated rings. The number of nitrogens with zero attached hydrogens (tertiary/aromatic N) is 2. The molecule has 0 radical (unpaired) electrons. The van der Waals surface area contributed by atoms with Crippen LogP contribution in [0, 0.1) is 0 Å². The number of hydrogen-bond acceptors (Lipinski definition) is 5. The number of para-hydroxylation sites is 1. The van der Waals surface area contributed by atoms with Crippen molar-refractivity contribution in [2.24, 2.45) is 5.10 Å². The minimum absolute atomic E-state index is 0.0563. The van der Waals surface area contributed by atoms with E-state index >= 15 is 0 Å². The lowest BCUT2D eigenvalue weighted by molar-refractivity contribution is -0.133. The van der Waals surface area contributed by atoms with Gasteiger partial charge in [0.15, 0.2) is 9.84 Å². The molecule has 1 saturated heterocycles. The Kier molecular flexibility index (Phi) is 5.64. The molecule has 2 atom stereocenters. The standard InChI is InChI=1S/C19H25N3O4S/c1-3-13(2)15-6-4-5-7-16(15)20-19(24)17-8-9-18(23)22(21-17)14-10-11-27(25,26)12-14/h4-7,13-14H,3,8-12H2,1-2H3,(H,20,24)/t13-,14-/m0/s1. The van der Waals surface area contributed by atoms with E-state index in [9.17, 15) is 18.0 Å². The van der Waals surface area contributed by atoms with Crippen LogP contribution in [0.2, 0.25) is 0 Å². The maximum absolute atomic E-state index is 12.7. The zero-order valence-corrected chi connectivity index (χ0v) is 16.5. The zero-order chi connectivity index (χ0) is 19.6. The van der Waals surface area contributed by atoms with Crippen molar-refractivity contribution in [3.8, 4) is 0 Å². The Balaban J connectivity index is 1.79. The maximum Gasteiger partial charge on any atom is 0.271 e. The Morgan fingerprint density at radius 2 is 2.07 bits per heavy atom. The van der Waals surface area contributed by atoms with Gasteiger partial charge >= 0.3 is 0 Å². The number of amides is 2. The normalized spacial score (nSPS) is 23.0. The summed E-state index contributed by atoms with van der Waals surface area (Å²) in [5.74, 6) is -0.302. The second-order valence-electron chi connectivity index (χ2n) is 7.19. The largest absolute Gasteiger partial charge is 0.321 e. The Hall–Kier alpha value is -2.22. The molecule has 27 heavy (non-hydrogen) atoms. The summed E-state index contributed by atoms with van der Waals surface area (Å²) in [5.41, 5.74) is 2.06. The first-order chi connectivity index (χ1) is 12.8. The summed E-state index contributed by atoms with van der Waals surface area (Å²) >= 11 is 0. The van der Waals surface area contributed by atoms with Crippen LogP contribution in [0.15, 0.2) is 29.4 Å². The summed E-state index contributed by atoms with van der Waals surface area (Å²) in [4.78, 5) is 24.9. The van der Waals surface area contributed by atoms with Crippen molar-refractivity contribution in [2.45, 2.75) is 51.5 Å². The number of rotatable bonds is 5. The van der Waals surface area contributed by atoms with E-state index in [1.165, 1.54) is 5.01 Å². The van der Waals surface area contributed by atoms with Gasteiger partial charge in [-0.25, -0.2) is 13.4 Å². The highest BCUT2D eigenvalue weighted by molar-refractivity contribution is 7.91. The first-order valence-corrected chi connectivity index (χ1v) is 11.1. The summed E-state index contributed by atoms with van der Waals surface area (Å²) in [6.45, 7) is 4.19. The lowest BCUT2D eigenvalue weighted by Gasteiger charge is -2.27. The first kappa shape index (κ1) is 19.5. The molecule has 0 spiro atoms. The number of sulfone groups is 1. The smallest absolute Gasteiger partial charge is 0.271 e. The molecule has 2 aliphatic rings. The monoisotopic (exact) mass is 391 g/mol. The third kappa shape index (κ3) is 4.37. The Labute approximate surface area is 159 Å². The Morgan fingerprint density at radius 3 is 2.74 bits per heavy atom. The predicted octanol–water partition coefficient (Wildman–Crippen LogP) is 2.30. The van der Waals surface area contributed by atoms with Gasteiger partial charge in [-0.15, -0.1) is 0 Å². The molecule has 1 aromatic rings. The van der Waals surface area contributed by atoms with Crippen molar-refractivity contribution in [3.63, 3.8) is 0 Å². The molecule has 0 bridgehead atoms. The molecule has 3 rings (SSSR count). The Bertz CT molecular complexity index is 879. The number of carbonyl (C=O) groups is 2. The van der Waals surface area contributed by atoms with Gasteiger partial charge in [-0.3, -0.25) is 9.59 Å². The van der Waals surface area contributed by atoms with Crippen molar-refractivity contribution in [1.29, 1.82) is 0 Å². The van der Waals surface area contributed by atoms with E-state index < -0.39 is 15.9 Å². The number of benzene rings is 1. The summed E-state index contributed by atoms with van der Waals surface area (Å²) in [6, 6.07) is 7.18. The molecule has 0 saturated carbocycles. The van der Waals surface area contributed by atoms with E-state index in [-0.39, 0.29) is 41.9 Å². The predicted molar refractivity (Wildman–Crippen MR) is 104 cm³/mol. The van der Waals surface area contributed by atoms with E-state index in [4.69, 9.17) is 0 Å². The van der Waals surface area contributed by atoms with Crippen molar-refractivity contribution >= 4 is 33.1 Å². The number of hydrogen-bond donors (Lipinski definition) is 1. The van der Waals surface area contributed by atoms with Crippen LogP contribution in [0.3, 0.4) is 0 Å². The van der Waals surface area contributed by atoms with Gasteiger partial charge in [0.25, 0.3) is 5.91 Å². The van der Waals surface area contributed by atoms with Crippen LogP contribution >= 0.6 is 0 Å². The van der Waals surface area contributed by atoms with Crippen LogP contribution in [0.5, 0.6) is 0 Å². The molecule has 2 aliphatic heterocycles. The van der Waals surface area contributed by atoms with Crippen molar-refractivity contribution in [1.82, 2.24) is 5.01 Å². The van der Waals surface area contributed by atoms with E-state index in [0.717, 1.165) is 17.7 Å². The van der Waals surface area contributed by atoms with Gasteiger partial charge < -0.3 is 5.32 Å². The fourth-order valence-corrected chi connectivity index (χ4v) is 5.14. The van der Waals surface area contributed by atoms with Crippen molar-refractivity contribution in [2.75, 3.05) is 16.8 Å². The van der Waals surface area contributed by atoms with Crippen LogP contribution in [-0.2, 0) is 19.4 Å². The highest BCUT2D eigenvalue weighted by Gasteiger charge is 2.37. The van der Waals surface area contributed by atoms with Gasteiger partial charge in [-0.1, -0.05) is 32.0 Å². The Morgan fingerprint density at radius 1 is 1.33 bits per heavy atom. The molecular formula is C19H25N3O4S. The average molecular weight is 391 g/mol. The minimum atomic E-state index is -3.14. The number of carbonyl (C=O) groups excluding carboxylic acids is 2. The van der Waals surface area contributed by atoms with Crippen LogP contribution in [0.1, 0.15) is 51.0 Å². The topological polar surface area (TPSA) is 95.9 Å². The summed E-state index contributed by atoms with van der Waals surface area (Å²) < 4.78 is 23.4. The van der Waals surface area contributed by atoms with Crippen molar-refractivity contribution in [3.05, 3.63) is 29.8 Å². The maximum atomic E-state index is 12.7. The van der Waals surface area contributed by atoms with E-state index in [1.807, 2.05) is 24.3 Å². The molecule has 2 amide bonds. The summed E-state index contributed by atoms with van der Waals surface area (Å²) in [7, 11) is -3.14. The fourth-order valence-electron chi connectivity index (χ4n) is 3.44. The third-order valence-corrected chi connectivity index (χ3v) is 6.98. The molecule has 1 aromatic carbocycles. The van der Waals surface area contributed by atoms with Crippen LogP contribution in [0.4, 0.5) is 5.69 Å². The lowest BCUT2D eigenvalue weighted by atomic mass is 9.96. The third-order valence-electron chi connectivity index (χ3n) is 5.23. The highest BCUT2D eigenvalue weighted by Crippen LogP contribution is 2.27. The highest BCUT2D eigenvalue weighted by atomic mass is 32.2. The molecule has 0 unspecified atom stereocenters. The van der Waals surface area contributed by atoms with Gasteiger partial charge in [0.2, 0.25) is 5.91 Å². The van der Waals surface area contributed by atoms with E-state index in [1.54, 1.807) is 0 Å². The van der Waals surface area contributed by atoms with Gasteiger partial charge in [0.1, 0.15) is 5.71 Å². The fraction of sp³-hybridized carbons (Fsp3) is 0.526. The summed E-state index contributed by atoms with van der Waals surface area (Å²) in [6.07, 6.45) is 1.73. The molecule has 146 valence electrons. The second-order valence-corrected chi connectivity index (χ2v) is 9.42. The average Bonchev–Trinajstić information content (AvgIpc) is 3.01. The van der Waals surface area contributed by atoms with E-state index in [2.05, 4.69) is 24.3 Å². The quantitative estimate of drug-likeness (QED) is 0.833. The molecular weight excluding hydrogens is 366 g/mol. The van der Waals surface area contributed by atoms with Gasteiger partial charge in [0, 0.05) is 18.5 Å². The zero-order valence-electron chi connectivity index (χ0n) is 15.6. The molecule has 7 nitrogen and oxygen atoms in total. The van der Waals surface area contributed by atoms with Gasteiger partial charge in [0.05, 0.1) is 17.5 Å².